The average molecular weight is 327 g/mol. The van der Waals surface area contributed by atoms with E-state index in [0.717, 1.165) is 37.8 Å². The fraction of sp³-hybridized carbons (Fsp3) is 0.579. The lowest BCUT2D eigenvalue weighted by Gasteiger charge is -2.24. The molecule has 5 heteroatoms. The Balaban J connectivity index is 1.61. The fourth-order valence-corrected chi connectivity index (χ4v) is 4.12. The summed E-state index contributed by atoms with van der Waals surface area (Å²) in [6.45, 7) is 0.857. The van der Waals surface area contributed by atoms with E-state index in [4.69, 9.17) is 0 Å². The van der Waals surface area contributed by atoms with Crippen LogP contribution in [0.3, 0.4) is 0 Å². The number of benzene rings is 1. The van der Waals surface area contributed by atoms with Crippen LogP contribution in [0.1, 0.15) is 60.6 Å². The summed E-state index contributed by atoms with van der Waals surface area (Å²) in [5.74, 6) is 0.867. The smallest absolute Gasteiger partial charge is 0.251 e. The average Bonchev–Trinajstić information content (AvgIpc) is 3.24. The summed E-state index contributed by atoms with van der Waals surface area (Å²) in [6, 6.07) is 7.64. The molecule has 1 heterocycles. The van der Waals surface area contributed by atoms with Crippen LogP contribution in [0.15, 0.2) is 24.3 Å². The van der Waals surface area contributed by atoms with Crippen LogP contribution in [-0.4, -0.2) is 35.8 Å². The van der Waals surface area contributed by atoms with Gasteiger partial charge in [-0.25, -0.2) is 0 Å². The fourth-order valence-electron chi connectivity index (χ4n) is 4.12. The minimum atomic E-state index is -0.348. The number of hydrogen-bond donors (Lipinski definition) is 2. The number of nitrogens with zero attached hydrogens (tertiary/aromatic N) is 1. The van der Waals surface area contributed by atoms with E-state index >= 15 is 0 Å². The molecule has 5 nitrogen and oxygen atoms in total. The maximum atomic E-state index is 13.1. The van der Waals surface area contributed by atoms with Crippen molar-refractivity contribution in [1.82, 2.24) is 15.5 Å². The van der Waals surface area contributed by atoms with Crippen molar-refractivity contribution in [3.63, 3.8) is 0 Å². The molecule has 2 saturated carbocycles. The van der Waals surface area contributed by atoms with E-state index in [1.807, 2.05) is 24.3 Å². The largest absolute Gasteiger partial charge is 0.355 e. The Hall–Kier alpha value is -1.88. The Morgan fingerprint density at radius 3 is 2.50 bits per heavy atom. The molecule has 4 rings (SSSR count). The van der Waals surface area contributed by atoms with Gasteiger partial charge < -0.3 is 10.2 Å². The summed E-state index contributed by atoms with van der Waals surface area (Å²) in [5.41, 5.74) is 1.37. The van der Waals surface area contributed by atoms with Crippen LogP contribution in [0, 0.1) is 5.92 Å². The lowest BCUT2D eigenvalue weighted by atomic mass is 9.98. The molecule has 2 N–H and O–H groups in total. The Bertz CT molecular complexity index is 645. The summed E-state index contributed by atoms with van der Waals surface area (Å²) in [7, 11) is 1.63. The maximum Gasteiger partial charge on any atom is 0.251 e. The van der Waals surface area contributed by atoms with Gasteiger partial charge in [-0.05, 0) is 49.3 Å². The van der Waals surface area contributed by atoms with Gasteiger partial charge in [-0.1, -0.05) is 25.0 Å². The quantitative estimate of drug-likeness (QED) is 0.891. The molecule has 1 aromatic carbocycles. The van der Waals surface area contributed by atoms with Crippen molar-refractivity contribution in [2.75, 3.05) is 13.6 Å². The highest BCUT2D eigenvalue weighted by Gasteiger charge is 2.53. The second-order valence-electron chi connectivity index (χ2n) is 7.44. The zero-order chi connectivity index (χ0) is 16.7. The molecule has 0 bridgehead atoms. The Morgan fingerprint density at radius 1 is 1.25 bits per heavy atom. The third kappa shape index (κ3) is 2.61. The highest BCUT2D eigenvalue weighted by molar-refractivity contribution is 5.94. The van der Waals surface area contributed by atoms with Crippen molar-refractivity contribution in [3.05, 3.63) is 35.4 Å². The molecule has 2 aliphatic carbocycles. The predicted molar refractivity (Wildman–Crippen MR) is 91.3 cm³/mol. The summed E-state index contributed by atoms with van der Waals surface area (Å²) in [4.78, 5) is 26.9. The third-order valence-corrected chi connectivity index (χ3v) is 5.72. The van der Waals surface area contributed by atoms with Gasteiger partial charge in [0.1, 0.15) is 6.17 Å². The molecule has 1 aliphatic heterocycles. The van der Waals surface area contributed by atoms with Gasteiger partial charge >= 0.3 is 0 Å². The Morgan fingerprint density at radius 2 is 1.92 bits per heavy atom. The van der Waals surface area contributed by atoms with E-state index in [0.29, 0.717) is 11.5 Å². The van der Waals surface area contributed by atoms with Crippen LogP contribution >= 0.6 is 0 Å². The van der Waals surface area contributed by atoms with Crippen LogP contribution < -0.4 is 10.6 Å². The standard InChI is InChI=1S/C19H25N3O2/c1-20-17(23)15-8-6-14(7-9-15)16-21-19(10-2-3-11-19)18(24)22(16)12-13-4-5-13/h6-9,13,16,21H,2-5,10-12H2,1H3,(H,20,23). The number of amides is 2. The van der Waals surface area contributed by atoms with E-state index in [2.05, 4.69) is 15.5 Å². The molecule has 0 aromatic heterocycles. The molecule has 3 aliphatic rings. The molecular weight excluding hydrogens is 302 g/mol. The van der Waals surface area contributed by atoms with Crippen LogP contribution in [0.2, 0.25) is 0 Å². The number of carbonyl (C=O) groups is 2. The molecule has 1 atom stereocenters. The SMILES string of the molecule is CNC(=O)c1ccc(C2NC3(CCCC3)C(=O)N2CC2CC2)cc1. The van der Waals surface area contributed by atoms with Gasteiger partial charge in [0.2, 0.25) is 5.91 Å². The monoisotopic (exact) mass is 327 g/mol. The lowest BCUT2D eigenvalue weighted by molar-refractivity contribution is -0.133. The lowest BCUT2D eigenvalue weighted by Crippen LogP contribution is -2.44. The Labute approximate surface area is 142 Å². The molecule has 1 saturated heterocycles. The molecule has 128 valence electrons. The highest BCUT2D eigenvalue weighted by Crippen LogP contribution is 2.43. The van der Waals surface area contributed by atoms with Crippen molar-refractivity contribution in [1.29, 1.82) is 0 Å². The molecule has 24 heavy (non-hydrogen) atoms. The van der Waals surface area contributed by atoms with E-state index < -0.39 is 0 Å². The first-order valence-corrected chi connectivity index (χ1v) is 9.04. The van der Waals surface area contributed by atoms with Gasteiger partial charge in [0.05, 0.1) is 5.54 Å². The molecule has 3 fully saturated rings. The Kier molecular flexibility index (Phi) is 3.83. The predicted octanol–water partition coefficient (Wildman–Crippen LogP) is 2.20. The second kappa shape index (κ2) is 5.88. The number of nitrogens with one attached hydrogen (secondary N) is 2. The molecule has 0 radical (unpaired) electrons. The second-order valence-corrected chi connectivity index (χ2v) is 7.44. The first-order valence-electron chi connectivity index (χ1n) is 9.04. The van der Waals surface area contributed by atoms with Crippen LogP contribution in [0.4, 0.5) is 0 Å². The van der Waals surface area contributed by atoms with Gasteiger partial charge in [-0.3, -0.25) is 14.9 Å². The van der Waals surface area contributed by atoms with E-state index in [-0.39, 0.29) is 23.5 Å². The van der Waals surface area contributed by atoms with Crippen LogP contribution in [0.5, 0.6) is 0 Å². The summed E-state index contributed by atoms with van der Waals surface area (Å²) in [6.07, 6.45) is 6.55. The number of rotatable bonds is 4. The number of carbonyl (C=O) groups excluding carboxylic acids is 2. The van der Waals surface area contributed by atoms with E-state index in [1.165, 1.54) is 12.8 Å². The molecule has 1 unspecified atom stereocenters. The summed E-state index contributed by atoms with van der Waals surface area (Å²) in [5, 5.41) is 6.30. The van der Waals surface area contributed by atoms with Gasteiger partial charge in [0.15, 0.2) is 0 Å². The van der Waals surface area contributed by atoms with Gasteiger partial charge in [-0.15, -0.1) is 0 Å². The van der Waals surface area contributed by atoms with E-state index in [1.54, 1.807) is 7.05 Å². The van der Waals surface area contributed by atoms with Gasteiger partial charge in [-0.2, -0.15) is 0 Å². The minimum Gasteiger partial charge on any atom is -0.355 e. The van der Waals surface area contributed by atoms with Gasteiger partial charge in [0.25, 0.3) is 5.91 Å². The van der Waals surface area contributed by atoms with Crippen molar-refractivity contribution in [3.8, 4) is 0 Å². The van der Waals surface area contributed by atoms with Crippen LogP contribution in [-0.2, 0) is 4.79 Å². The maximum absolute atomic E-state index is 13.1. The topological polar surface area (TPSA) is 61.4 Å². The zero-order valence-corrected chi connectivity index (χ0v) is 14.2. The molecular formula is C19H25N3O2. The highest BCUT2D eigenvalue weighted by atomic mass is 16.2. The zero-order valence-electron chi connectivity index (χ0n) is 14.2. The number of hydrogen-bond acceptors (Lipinski definition) is 3. The van der Waals surface area contributed by atoms with Crippen LogP contribution in [0.25, 0.3) is 0 Å². The van der Waals surface area contributed by atoms with Gasteiger partial charge in [0, 0.05) is 19.2 Å². The summed E-state index contributed by atoms with van der Waals surface area (Å²) >= 11 is 0. The van der Waals surface area contributed by atoms with Crippen molar-refractivity contribution in [2.45, 2.75) is 50.2 Å². The van der Waals surface area contributed by atoms with Crippen molar-refractivity contribution in [2.24, 2.45) is 5.92 Å². The third-order valence-electron chi connectivity index (χ3n) is 5.72. The van der Waals surface area contributed by atoms with Crippen molar-refractivity contribution >= 4 is 11.8 Å². The van der Waals surface area contributed by atoms with Crippen molar-refractivity contribution < 1.29 is 9.59 Å². The summed E-state index contributed by atoms with van der Waals surface area (Å²) < 4.78 is 0. The molecule has 1 spiro atoms. The molecule has 1 aromatic rings. The molecule has 2 amide bonds. The van der Waals surface area contributed by atoms with E-state index in [9.17, 15) is 9.59 Å². The normalized spacial score (nSPS) is 25.5. The minimum absolute atomic E-state index is 0.0602. The first-order chi connectivity index (χ1) is 11.6. The first kappa shape index (κ1) is 15.6.